The van der Waals surface area contributed by atoms with Crippen molar-refractivity contribution in [2.45, 2.75) is 52.4 Å². The molecule has 2 nitrogen and oxygen atoms in total. The Hall–Kier alpha value is -2.09. The van der Waals surface area contributed by atoms with E-state index in [1.165, 1.54) is 61.0 Å². The van der Waals surface area contributed by atoms with Crippen LogP contribution in [0.5, 0.6) is 0 Å². The van der Waals surface area contributed by atoms with Crippen LogP contribution in [0.2, 0.25) is 0 Å². The Morgan fingerprint density at radius 1 is 0.840 bits per heavy atom. The molecule has 0 radical (unpaired) electrons. The lowest BCUT2D eigenvalue weighted by atomic mass is 10.1. The van der Waals surface area contributed by atoms with Gasteiger partial charge < -0.3 is 0 Å². The van der Waals surface area contributed by atoms with E-state index in [4.69, 9.17) is 0 Å². The van der Waals surface area contributed by atoms with E-state index in [0.717, 1.165) is 13.1 Å². The normalized spacial score (nSPS) is 14.0. The van der Waals surface area contributed by atoms with E-state index in [-0.39, 0.29) is 0 Å². The highest BCUT2D eigenvalue weighted by atomic mass is 15.3. The zero-order valence-corrected chi connectivity index (χ0v) is 15.7. The van der Waals surface area contributed by atoms with E-state index in [1.807, 2.05) is 0 Å². The van der Waals surface area contributed by atoms with Gasteiger partial charge in [-0.05, 0) is 48.9 Å². The number of nitrogens with zero attached hydrogens (tertiary/aromatic N) is 2. The average molecular weight is 336 g/mol. The Kier molecular flexibility index (Phi) is 6.27. The standard InChI is InChI=1S/C23H31N2/c1-3-5-11-20-13-7-9-15-22(20)24-17-18-25(19-24)23-16-10-8-14-21(23)12-6-4-2/h7-10,13-16,19H,3-6,11-12,17-18H2,1-2H3/q+1. The van der Waals surface area contributed by atoms with Crippen LogP contribution in [0, 0.1) is 0 Å². The largest absolute Gasteiger partial charge is 0.244 e. The molecule has 2 aromatic carbocycles. The van der Waals surface area contributed by atoms with Crippen LogP contribution in [0.3, 0.4) is 0 Å². The molecule has 0 atom stereocenters. The molecule has 0 amide bonds. The van der Waals surface area contributed by atoms with Crippen molar-refractivity contribution < 1.29 is 4.58 Å². The van der Waals surface area contributed by atoms with Crippen molar-refractivity contribution in [3.8, 4) is 0 Å². The molecule has 0 saturated carbocycles. The molecule has 0 spiro atoms. The molecule has 0 N–H and O–H groups in total. The van der Waals surface area contributed by atoms with E-state index in [1.54, 1.807) is 0 Å². The minimum absolute atomic E-state index is 1.06. The van der Waals surface area contributed by atoms with E-state index >= 15 is 0 Å². The van der Waals surface area contributed by atoms with E-state index in [2.05, 4.69) is 78.2 Å². The summed E-state index contributed by atoms with van der Waals surface area (Å²) in [6.07, 6.45) is 9.66. The molecule has 0 aliphatic carbocycles. The third-order valence-corrected chi connectivity index (χ3v) is 5.06. The first-order chi connectivity index (χ1) is 12.3. The Morgan fingerprint density at radius 3 is 2.24 bits per heavy atom. The lowest BCUT2D eigenvalue weighted by Gasteiger charge is -2.11. The summed E-state index contributed by atoms with van der Waals surface area (Å²) in [4.78, 5) is 2.43. The molecule has 0 unspecified atom stereocenters. The number of anilines is 1. The second-order valence-corrected chi connectivity index (χ2v) is 6.97. The molecule has 0 fully saturated rings. The van der Waals surface area contributed by atoms with Gasteiger partial charge >= 0.3 is 0 Å². The Balaban J connectivity index is 1.84. The second kappa shape index (κ2) is 8.84. The monoisotopic (exact) mass is 335 g/mol. The van der Waals surface area contributed by atoms with Gasteiger partial charge in [-0.25, -0.2) is 9.48 Å². The van der Waals surface area contributed by atoms with Gasteiger partial charge in [0.1, 0.15) is 24.5 Å². The van der Waals surface area contributed by atoms with E-state index in [0.29, 0.717) is 0 Å². The Labute approximate surface area is 152 Å². The minimum atomic E-state index is 1.06. The minimum Gasteiger partial charge on any atom is -0.229 e. The molecule has 3 rings (SSSR count). The smallest absolute Gasteiger partial charge is 0.229 e. The third kappa shape index (κ3) is 4.31. The number of para-hydroxylation sites is 2. The highest BCUT2D eigenvalue weighted by molar-refractivity contribution is 5.79. The van der Waals surface area contributed by atoms with Crippen molar-refractivity contribution in [2.75, 3.05) is 18.0 Å². The third-order valence-electron chi connectivity index (χ3n) is 5.06. The molecule has 0 saturated heterocycles. The maximum absolute atomic E-state index is 2.43. The zero-order valence-electron chi connectivity index (χ0n) is 15.7. The van der Waals surface area contributed by atoms with Gasteiger partial charge in [0.05, 0.1) is 0 Å². The fraction of sp³-hybridized carbons (Fsp3) is 0.435. The summed E-state index contributed by atoms with van der Waals surface area (Å²) in [5.74, 6) is 0. The number of aryl methyl sites for hydroxylation is 2. The number of rotatable bonds is 8. The fourth-order valence-corrected chi connectivity index (χ4v) is 3.60. The fourth-order valence-electron chi connectivity index (χ4n) is 3.60. The zero-order chi connectivity index (χ0) is 17.5. The second-order valence-electron chi connectivity index (χ2n) is 6.97. The van der Waals surface area contributed by atoms with Gasteiger partial charge in [-0.15, -0.1) is 0 Å². The maximum atomic E-state index is 2.43. The highest BCUT2D eigenvalue weighted by Gasteiger charge is 2.25. The number of hydrogen-bond donors (Lipinski definition) is 0. The molecular formula is C23H31N2+. The van der Waals surface area contributed by atoms with Crippen LogP contribution in [-0.4, -0.2) is 24.0 Å². The molecule has 132 valence electrons. The quantitative estimate of drug-likeness (QED) is 0.572. The van der Waals surface area contributed by atoms with E-state index < -0.39 is 0 Å². The molecule has 1 aliphatic heterocycles. The first kappa shape index (κ1) is 17.7. The summed E-state index contributed by atoms with van der Waals surface area (Å²) in [5.41, 5.74) is 5.71. The van der Waals surface area contributed by atoms with Crippen LogP contribution in [0.4, 0.5) is 11.4 Å². The van der Waals surface area contributed by atoms with Crippen molar-refractivity contribution in [1.82, 2.24) is 0 Å². The number of unbranched alkanes of at least 4 members (excludes halogenated alkanes) is 2. The summed E-state index contributed by atoms with van der Waals surface area (Å²) < 4.78 is 2.43. The summed E-state index contributed by atoms with van der Waals surface area (Å²) in [7, 11) is 0. The van der Waals surface area contributed by atoms with Gasteiger partial charge in [0.2, 0.25) is 6.34 Å². The highest BCUT2D eigenvalue weighted by Crippen LogP contribution is 2.26. The van der Waals surface area contributed by atoms with Crippen LogP contribution < -0.4 is 4.90 Å². The topological polar surface area (TPSA) is 6.25 Å². The van der Waals surface area contributed by atoms with Crippen molar-refractivity contribution in [1.29, 1.82) is 0 Å². The van der Waals surface area contributed by atoms with Gasteiger partial charge in [0.15, 0.2) is 0 Å². The van der Waals surface area contributed by atoms with Crippen molar-refractivity contribution in [3.63, 3.8) is 0 Å². The lowest BCUT2D eigenvalue weighted by molar-refractivity contribution is -0.424. The molecule has 0 aromatic heterocycles. The van der Waals surface area contributed by atoms with Crippen molar-refractivity contribution >= 4 is 17.7 Å². The summed E-state index contributed by atoms with van der Waals surface area (Å²) >= 11 is 0. The van der Waals surface area contributed by atoms with Gasteiger partial charge in [0, 0.05) is 0 Å². The molecule has 2 aromatic rings. The number of benzene rings is 2. The molecule has 2 heteroatoms. The van der Waals surface area contributed by atoms with Crippen LogP contribution in [-0.2, 0) is 12.8 Å². The van der Waals surface area contributed by atoms with Crippen molar-refractivity contribution in [3.05, 3.63) is 59.7 Å². The first-order valence-corrected chi connectivity index (χ1v) is 9.87. The number of hydrogen-bond acceptors (Lipinski definition) is 1. The molecular weight excluding hydrogens is 304 g/mol. The first-order valence-electron chi connectivity index (χ1n) is 9.87. The Morgan fingerprint density at radius 2 is 1.48 bits per heavy atom. The summed E-state index contributed by atoms with van der Waals surface area (Å²) in [6, 6.07) is 17.8. The predicted octanol–water partition coefficient (Wildman–Crippen LogP) is 5.56. The molecule has 25 heavy (non-hydrogen) atoms. The van der Waals surface area contributed by atoms with Gasteiger partial charge in [-0.3, -0.25) is 0 Å². The lowest BCUT2D eigenvalue weighted by Crippen LogP contribution is -2.19. The average Bonchev–Trinajstić information content (AvgIpc) is 3.15. The predicted molar refractivity (Wildman–Crippen MR) is 108 cm³/mol. The summed E-state index contributed by atoms with van der Waals surface area (Å²) in [6.45, 7) is 6.65. The van der Waals surface area contributed by atoms with Gasteiger partial charge in [-0.2, -0.15) is 0 Å². The molecule has 0 bridgehead atoms. The van der Waals surface area contributed by atoms with Crippen molar-refractivity contribution in [2.24, 2.45) is 0 Å². The van der Waals surface area contributed by atoms with Crippen LogP contribution in [0.1, 0.15) is 50.7 Å². The Bertz CT molecular complexity index is 718. The van der Waals surface area contributed by atoms with Crippen LogP contribution >= 0.6 is 0 Å². The summed E-state index contributed by atoms with van der Waals surface area (Å²) in [5, 5.41) is 0. The molecule has 1 aliphatic rings. The SMILES string of the molecule is CCCCc1ccccc1N1C=[N+](c2ccccc2CCCC)CC1. The maximum Gasteiger partial charge on any atom is 0.244 e. The van der Waals surface area contributed by atoms with Gasteiger partial charge in [-0.1, -0.05) is 63.1 Å². The van der Waals surface area contributed by atoms with Crippen LogP contribution in [0.25, 0.3) is 0 Å². The van der Waals surface area contributed by atoms with E-state index in [9.17, 15) is 0 Å². The molecule has 1 heterocycles. The van der Waals surface area contributed by atoms with Gasteiger partial charge in [0.25, 0.3) is 0 Å². The van der Waals surface area contributed by atoms with Crippen LogP contribution in [0.15, 0.2) is 48.5 Å².